The summed E-state index contributed by atoms with van der Waals surface area (Å²) >= 11 is 1.74. The van der Waals surface area contributed by atoms with E-state index in [1.165, 1.54) is 82.8 Å². The molecule has 0 bridgehead atoms. The molecule has 598 valence electrons. The molecule has 17 nitrogen and oxygen atoms in total. The number of rotatable bonds is 14. The summed E-state index contributed by atoms with van der Waals surface area (Å²) in [6.45, 7) is 15.1. The first-order valence-electron chi connectivity index (χ1n) is 38.1. The number of aldehydes is 1. The predicted molar refractivity (Wildman–Crippen MR) is 476 cm³/mol. The van der Waals surface area contributed by atoms with E-state index in [1.807, 2.05) is 185 Å². The van der Waals surface area contributed by atoms with Crippen LogP contribution in [0.5, 0.6) is 5.75 Å². The quantitative estimate of drug-likeness (QED) is 0.0857. The number of carbonyl (C=O) groups excluding carboxylic acids is 1. The molecule has 13 heterocycles. The molecule has 0 aliphatic heterocycles. The Balaban J connectivity index is 0.000000229. The smallest absolute Gasteiger partial charge is 0.150 e. The second-order valence-electron chi connectivity index (χ2n) is 25.4. The number of aryl methyl sites for hydroxylation is 8. The van der Waals surface area contributed by atoms with E-state index < -0.39 is 0 Å². The minimum atomic E-state index is 0.0997. The molecule has 16 rings (SSSR count). The number of aliphatic hydroxyl groups is 3. The Morgan fingerprint density at radius 2 is 0.769 bits per heavy atom. The molecule has 0 aliphatic rings. The van der Waals surface area contributed by atoms with Gasteiger partial charge in [-0.3, -0.25) is 64.6 Å². The number of ether oxygens (including phenoxy) is 1. The molecule has 0 saturated heterocycles. The second kappa shape index (κ2) is 61.1. The highest BCUT2D eigenvalue weighted by Crippen LogP contribution is 2.23. The second-order valence-corrected chi connectivity index (χ2v) is 26.4. The van der Waals surface area contributed by atoms with Crippen molar-refractivity contribution in [1.29, 1.82) is 0 Å². The third kappa shape index (κ3) is 43.4. The van der Waals surface area contributed by atoms with Crippen LogP contribution in [0.15, 0.2) is 379 Å². The summed E-state index contributed by atoms with van der Waals surface area (Å²) < 4.78 is 4.87. The van der Waals surface area contributed by atoms with Gasteiger partial charge in [-0.25, -0.2) is 0 Å². The molecule has 18 heteroatoms. The van der Waals surface area contributed by atoms with Crippen LogP contribution in [0.3, 0.4) is 0 Å². The van der Waals surface area contributed by atoms with Crippen LogP contribution in [0.1, 0.15) is 90.5 Å². The summed E-state index contributed by atoms with van der Waals surface area (Å²) in [6.07, 6.45) is 48.2. The lowest BCUT2D eigenvalue weighted by atomic mass is 10.1. The minimum Gasteiger partial charge on any atom is -0.497 e. The maximum atomic E-state index is 9.98. The molecule has 0 saturated carbocycles. The zero-order valence-electron chi connectivity index (χ0n) is 68.0. The van der Waals surface area contributed by atoms with Gasteiger partial charge in [0, 0.05) is 184 Å². The van der Waals surface area contributed by atoms with Gasteiger partial charge >= 0.3 is 0 Å². The molecule has 13 aromatic heterocycles. The van der Waals surface area contributed by atoms with Gasteiger partial charge in [0.25, 0.3) is 0 Å². The van der Waals surface area contributed by atoms with Crippen molar-refractivity contribution in [2.45, 2.75) is 87.2 Å². The summed E-state index contributed by atoms with van der Waals surface area (Å²) in [4.78, 5) is 58.6. The van der Waals surface area contributed by atoms with Crippen LogP contribution in [-0.4, -0.2) is 102 Å². The summed E-state index contributed by atoms with van der Waals surface area (Å²) in [5.74, 6) is 0.847. The van der Waals surface area contributed by atoms with Crippen molar-refractivity contribution in [3.63, 3.8) is 0 Å². The Bertz CT molecular complexity index is 4890. The fourth-order valence-electron chi connectivity index (χ4n) is 9.82. The Morgan fingerprint density at radius 3 is 1.16 bits per heavy atom. The van der Waals surface area contributed by atoms with Crippen molar-refractivity contribution < 1.29 is 24.9 Å². The third-order valence-corrected chi connectivity index (χ3v) is 17.1. The molecule has 16 aromatic rings. The molecule has 3 aromatic carbocycles. The van der Waals surface area contributed by atoms with Gasteiger partial charge in [-0.1, -0.05) is 128 Å². The van der Waals surface area contributed by atoms with E-state index in [9.17, 15) is 4.79 Å². The van der Waals surface area contributed by atoms with Gasteiger partial charge in [-0.2, -0.15) is 0 Å². The van der Waals surface area contributed by atoms with Crippen molar-refractivity contribution >= 4 is 17.6 Å². The maximum Gasteiger partial charge on any atom is 0.150 e. The lowest BCUT2D eigenvalue weighted by Crippen LogP contribution is -1.89. The van der Waals surface area contributed by atoms with Crippen LogP contribution in [-0.2, 0) is 32.3 Å². The van der Waals surface area contributed by atoms with Crippen LogP contribution in [0.25, 0.3) is 32.7 Å². The molecule has 3 N–H and O–H groups in total. The largest absolute Gasteiger partial charge is 0.497 e. The van der Waals surface area contributed by atoms with E-state index in [0.717, 1.165) is 60.8 Å². The number of aromatic nitrogens is 12. The zero-order valence-corrected chi connectivity index (χ0v) is 68.8. The first-order chi connectivity index (χ1) is 57.3. The van der Waals surface area contributed by atoms with Crippen LogP contribution in [0, 0.1) is 41.5 Å². The van der Waals surface area contributed by atoms with Gasteiger partial charge in [0.15, 0.2) is 0 Å². The third-order valence-electron chi connectivity index (χ3n) is 16.2. The molecule has 0 unspecified atom stereocenters. The summed E-state index contributed by atoms with van der Waals surface area (Å²) in [6, 6.07) is 73.7. The Kier molecular flexibility index (Phi) is 49.1. The summed E-state index contributed by atoms with van der Waals surface area (Å²) in [5.41, 5.74) is 21.4. The van der Waals surface area contributed by atoms with Crippen LogP contribution in [0.4, 0.5) is 0 Å². The number of nitrogens with zero attached hydrogens (tertiary/aromatic N) is 12. The number of pyridine rings is 12. The predicted octanol–water partition coefficient (Wildman–Crippen LogP) is 20.8. The standard InChI is InChI=1S/2C12H11N.C11H9N.C9H7NS.C8H11NO.C8H11N.C7H9NO.2C7H9N.2C6H7NO.C6H5NO/c1-10-7-12(9-13-8-10)11-5-3-2-4-6-11;1-2-5-11(6-3-1)9-12-7-4-8-13-10-12;1-2-5-10(6-3-1)11-7-4-8-12-9-11;1-3-8(7-10-5-1)9-4-2-6-11-9;10-7-1-2-8-3-5-9-6-4-8;1-3-8-6-9-5-4-7(8)2;9-6-3-7-1-4-8-5-2-7;1-6-3-7(2)5-8-4-6;1-6-3-4-8-5-7(6)2;1-8-6-2-4-7-5-3-6;2*8-5-6-1-3-7-4-2-6/h2-9H,1H3;1-8,10H,9H2;1-9H;1-7H;3-6,10H,1-2,7H2;4-6H,3H2,1-2H3;1-2,4-5,9H,3,6H2;2*3-5H,1-2H3;2-5H,1H3;1-4,8H,5H2;1-5H. The Morgan fingerprint density at radius 1 is 0.333 bits per heavy atom. The number of aliphatic hydroxyl groups excluding tert-OH is 3. The van der Waals surface area contributed by atoms with Gasteiger partial charge in [0.2, 0.25) is 0 Å². The molecule has 0 radical (unpaired) electrons. The molecule has 0 aliphatic carbocycles. The van der Waals surface area contributed by atoms with E-state index in [4.69, 9.17) is 20.1 Å². The molecule has 0 fully saturated rings. The van der Waals surface area contributed by atoms with Gasteiger partial charge in [-0.05, 0) is 266 Å². The highest BCUT2D eigenvalue weighted by Gasteiger charge is 2.00. The van der Waals surface area contributed by atoms with Gasteiger partial charge in [0.05, 0.1) is 13.7 Å². The van der Waals surface area contributed by atoms with Crippen molar-refractivity contribution in [2.75, 3.05) is 20.3 Å². The number of benzene rings is 3. The molecule has 117 heavy (non-hydrogen) atoms. The van der Waals surface area contributed by atoms with Crippen molar-refractivity contribution in [3.05, 3.63) is 451 Å². The van der Waals surface area contributed by atoms with Gasteiger partial charge in [0.1, 0.15) is 12.0 Å². The van der Waals surface area contributed by atoms with Crippen LogP contribution < -0.4 is 4.74 Å². The van der Waals surface area contributed by atoms with Gasteiger partial charge < -0.3 is 20.1 Å². The fraction of sp³-hybridized carbons (Fsp3) is 0.162. The summed E-state index contributed by atoms with van der Waals surface area (Å²) in [5, 5.41) is 27.6. The SMILES string of the molecule is CCc1cnccc1C.COc1ccncc1.Cc1ccncc1C.Cc1cncc(-c2ccccc2)c1.Cc1cncc(C)c1.O=Cc1ccncc1.OCCCc1ccncc1.OCCc1ccncc1.OCc1ccncc1.c1ccc(-c2cccnc2)cc1.c1ccc(Cc2cccnc2)cc1.c1cncc(-c2cccs2)c1. The number of carbonyl (C=O) groups is 1. The van der Waals surface area contributed by atoms with Crippen molar-refractivity contribution in [3.8, 4) is 38.4 Å². The van der Waals surface area contributed by atoms with Crippen molar-refractivity contribution in [1.82, 2.24) is 59.8 Å². The molecular formula is C99H106N12O5S. The van der Waals surface area contributed by atoms with Crippen molar-refractivity contribution in [2.24, 2.45) is 0 Å². The number of hydrogen-bond donors (Lipinski definition) is 3. The van der Waals surface area contributed by atoms with E-state index >= 15 is 0 Å². The lowest BCUT2D eigenvalue weighted by molar-refractivity contribution is 0.112. The topological polar surface area (TPSA) is 242 Å². The lowest BCUT2D eigenvalue weighted by Gasteiger charge is -2.00. The normalized spacial score (nSPS) is 9.46. The number of thiophene rings is 1. The average molecular weight is 1580 g/mol. The average Bonchev–Trinajstić information content (AvgIpc) is 1.11. The van der Waals surface area contributed by atoms with Crippen LogP contribution in [0.2, 0.25) is 0 Å². The first kappa shape index (κ1) is 94.1. The molecule has 0 amide bonds. The van der Waals surface area contributed by atoms with E-state index in [1.54, 1.807) is 135 Å². The number of hydrogen-bond acceptors (Lipinski definition) is 18. The minimum absolute atomic E-state index is 0.0997. The molecule has 0 spiro atoms. The van der Waals surface area contributed by atoms with E-state index in [0.29, 0.717) is 5.56 Å². The van der Waals surface area contributed by atoms with Gasteiger partial charge in [-0.15, -0.1) is 11.3 Å². The molecule has 0 atom stereocenters. The number of methoxy groups -OCH3 is 1. The Hall–Kier alpha value is -13.5. The van der Waals surface area contributed by atoms with Crippen LogP contribution >= 0.6 is 11.3 Å². The highest BCUT2D eigenvalue weighted by molar-refractivity contribution is 7.13. The van der Waals surface area contributed by atoms with E-state index in [2.05, 4.69) is 185 Å². The Labute approximate surface area is 694 Å². The fourth-order valence-corrected chi connectivity index (χ4v) is 10.5. The highest BCUT2D eigenvalue weighted by atomic mass is 32.1. The monoisotopic (exact) mass is 1570 g/mol. The summed E-state index contributed by atoms with van der Waals surface area (Å²) in [7, 11) is 1.63. The molecular weight excluding hydrogens is 1470 g/mol. The zero-order chi connectivity index (χ0) is 83.7. The van der Waals surface area contributed by atoms with E-state index in [-0.39, 0.29) is 19.8 Å². The first-order valence-corrected chi connectivity index (χ1v) is 39.0. The maximum absolute atomic E-state index is 9.98.